The molecular formula is C26H28FN3O3. The normalized spacial score (nSPS) is 17.9. The zero-order valence-electron chi connectivity index (χ0n) is 19.2. The van der Waals surface area contributed by atoms with E-state index in [4.69, 9.17) is 4.52 Å². The first kappa shape index (κ1) is 21.8. The highest BCUT2D eigenvalue weighted by atomic mass is 19.1. The summed E-state index contributed by atoms with van der Waals surface area (Å²) in [6.07, 6.45) is 1.78. The molecular weight excluding hydrogens is 421 g/mol. The average molecular weight is 450 g/mol. The second-order valence-electron chi connectivity index (χ2n) is 10.1. The molecule has 0 bridgehead atoms. The molecule has 1 fully saturated rings. The summed E-state index contributed by atoms with van der Waals surface area (Å²) < 4.78 is 19.0. The minimum atomic E-state index is -0.319. The fourth-order valence-corrected chi connectivity index (χ4v) is 4.85. The summed E-state index contributed by atoms with van der Waals surface area (Å²) in [7, 11) is 0. The molecule has 5 rings (SSSR count). The Bertz CT molecular complexity index is 1240. The lowest BCUT2D eigenvalue weighted by Crippen LogP contribution is -2.41. The molecule has 0 unspecified atom stereocenters. The number of rotatable bonds is 4. The van der Waals surface area contributed by atoms with Crippen molar-refractivity contribution in [2.24, 2.45) is 0 Å². The molecule has 3 heterocycles. The van der Waals surface area contributed by atoms with Crippen LogP contribution in [-0.4, -0.2) is 52.9 Å². The molecule has 172 valence electrons. The zero-order chi connectivity index (χ0) is 23.3. The number of aromatic nitrogens is 1. The maximum atomic E-state index is 13.4. The highest BCUT2D eigenvalue weighted by Crippen LogP contribution is 2.34. The molecule has 0 radical (unpaired) electrons. The van der Waals surface area contributed by atoms with Gasteiger partial charge in [0.05, 0.1) is 11.1 Å². The van der Waals surface area contributed by atoms with Gasteiger partial charge in [-0.3, -0.25) is 14.5 Å². The van der Waals surface area contributed by atoms with Crippen molar-refractivity contribution in [2.75, 3.05) is 26.2 Å². The van der Waals surface area contributed by atoms with E-state index in [1.807, 2.05) is 12.1 Å². The third-order valence-electron chi connectivity index (χ3n) is 6.90. The zero-order valence-corrected chi connectivity index (χ0v) is 19.2. The SMILES string of the molecule is CC(C)(C)c1ccc2c(c1)C(=O)N(CCN1CCC(c3onc4cc(F)ccc34)CC1)C2=O. The number of fused-ring (bicyclic) bond motifs is 2. The number of halogens is 1. The van der Waals surface area contributed by atoms with Gasteiger partial charge in [-0.15, -0.1) is 0 Å². The molecule has 0 atom stereocenters. The van der Waals surface area contributed by atoms with Crippen LogP contribution in [-0.2, 0) is 5.41 Å². The van der Waals surface area contributed by atoms with Crippen LogP contribution in [0, 0.1) is 5.82 Å². The third kappa shape index (κ3) is 3.95. The molecule has 1 saturated heterocycles. The number of hydrogen-bond donors (Lipinski definition) is 0. The van der Waals surface area contributed by atoms with E-state index in [0.717, 1.165) is 42.6 Å². The molecule has 2 aliphatic heterocycles. The predicted octanol–water partition coefficient (Wildman–Crippen LogP) is 4.74. The molecule has 6 nitrogen and oxygen atoms in total. The van der Waals surface area contributed by atoms with Crippen LogP contribution in [0.15, 0.2) is 40.9 Å². The van der Waals surface area contributed by atoms with Gasteiger partial charge >= 0.3 is 0 Å². The molecule has 0 saturated carbocycles. The van der Waals surface area contributed by atoms with Crippen LogP contribution in [0.3, 0.4) is 0 Å². The van der Waals surface area contributed by atoms with Crippen molar-refractivity contribution < 1.29 is 18.5 Å². The number of piperidine rings is 1. The van der Waals surface area contributed by atoms with E-state index >= 15 is 0 Å². The number of imide groups is 1. The summed E-state index contributed by atoms with van der Waals surface area (Å²) in [6, 6.07) is 10.2. The van der Waals surface area contributed by atoms with Crippen LogP contribution < -0.4 is 0 Å². The minimum Gasteiger partial charge on any atom is -0.360 e. The molecule has 0 N–H and O–H groups in total. The number of carbonyl (C=O) groups is 2. The summed E-state index contributed by atoms with van der Waals surface area (Å²) in [4.78, 5) is 29.4. The topological polar surface area (TPSA) is 66.7 Å². The number of carbonyl (C=O) groups excluding carboxylic acids is 2. The van der Waals surface area contributed by atoms with Gasteiger partial charge in [-0.25, -0.2) is 4.39 Å². The van der Waals surface area contributed by atoms with Crippen LogP contribution in [0.25, 0.3) is 10.9 Å². The number of amides is 2. The van der Waals surface area contributed by atoms with Crippen molar-refractivity contribution in [3.8, 4) is 0 Å². The fourth-order valence-electron chi connectivity index (χ4n) is 4.85. The summed E-state index contributed by atoms with van der Waals surface area (Å²) >= 11 is 0. The maximum Gasteiger partial charge on any atom is 0.261 e. The van der Waals surface area contributed by atoms with Gasteiger partial charge in [0.15, 0.2) is 0 Å². The lowest BCUT2D eigenvalue weighted by atomic mass is 9.85. The van der Waals surface area contributed by atoms with Crippen LogP contribution in [0.2, 0.25) is 0 Å². The molecule has 2 amide bonds. The number of likely N-dealkylation sites (tertiary alicyclic amines) is 1. The van der Waals surface area contributed by atoms with E-state index in [1.54, 1.807) is 12.1 Å². The maximum absolute atomic E-state index is 13.4. The molecule has 2 aromatic carbocycles. The number of benzene rings is 2. The Morgan fingerprint density at radius 1 is 1.00 bits per heavy atom. The van der Waals surface area contributed by atoms with Crippen LogP contribution in [0.5, 0.6) is 0 Å². The Morgan fingerprint density at radius 2 is 1.73 bits per heavy atom. The van der Waals surface area contributed by atoms with E-state index in [2.05, 4.69) is 30.8 Å². The van der Waals surface area contributed by atoms with Gasteiger partial charge in [-0.05, 0) is 61.2 Å². The van der Waals surface area contributed by atoms with Gasteiger partial charge in [0.25, 0.3) is 11.8 Å². The molecule has 0 spiro atoms. The van der Waals surface area contributed by atoms with E-state index in [-0.39, 0.29) is 29.0 Å². The lowest BCUT2D eigenvalue weighted by Gasteiger charge is -2.31. The third-order valence-corrected chi connectivity index (χ3v) is 6.90. The predicted molar refractivity (Wildman–Crippen MR) is 123 cm³/mol. The quantitative estimate of drug-likeness (QED) is 0.538. The van der Waals surface area contributed by atoms with Crippen LogP contribution >= 0.6 is 0 Å². The van der Waals surface area contributed by atoms with Crippen molar-refractivity contribution in [3.63, 3.8) is 0 Å². The van der Waals surface area contributed by atoms with Gasteiger partial charge in [0.2, 0.25) is 0 Å². The van der Waals surface area contributed by atoms with Gasteiger partial charge in [0.1, 0.15) is 17.1 Å². The first-order chi connectivity index (χ1) is 15.7. The minimum absolute atomic E-state index is 0.0842. The smallest absolute Gasteiger partial charge is 0.261 e. The second kappa shape index (κ2) is 8.06. The van der Waals surface area contributed by atoms with Gasteiger partial charge < -0.3 is 9.42 Å². The van der Waals surface area contributed by atoms with Crippen molar-refractivity contribution in [1.82, 2.24) is 15.0 Å². The number of hydrogen-bond acceptors (Lipinski definition) is 5. The van der Waals surface area contributed by atoms with Gasteiger partial charge in [-0.2, -0.15) is 0 Å². The molecule has 0 aliphatic carbocycles. The first-order valence-corrected chi connectivity index (χ1v) is 11.5. The summed E-state index contributed by atoms with van der Waals surface area (Å²) in [6.45, 7) is 8.99. The Kier molecular flexibility index (Phi) is 5.32. The molecule has 1 aromatic heterocycles. The Labute approximate surface area is 192 Å². The Balaban J connectivity index is 1.20. The molecule has 3 aromatic rings. The fraction of sp³-hybridized carbons (Fsp3) is 0.423. The largest absolute Gasteiger partial charge is 0.360 e. The van der Waals surface area contributed by atoms with Crippen molar-refractivity contribution in [2.45, 2.75) is 44.9 Å². The standard InChI is InChI=1S/C26H28FN3O3/c1-26(2,3)17-4-6-19-21(14-17)25(32)30(24(19)31)13-12-29-10-8-16(9-11-29)23-20-7-5-18(27)15-22(20)28-33-23/h4-7,14-16H,8-13H2,1-3H3. The summed E-state index contributed by atoms with van der Waals surface area (Å²) in [5.41, 5.74) is 2.53. The number of nitrogens with zero attached hydrogens (tertiary/aromatic N) is 3. The highest BCUT2D eigenvalue weighted by Gasteiger charge is 2.36. The lowest BCUT2D eigenvalue weighted by molar-refractivity contribution is 0.0629. The van der Waals surface area contributed by atoms with Crippen LogP contribution in [0.4, 0.5) is 4.39 Å². The van der Waals surface area contributed by atoms with E-state index in [0.29, 0.717) is 29.7 Å². The Hall–Kier alpha value is -3.06. The van der Waals surface area contributed by atoms with E-state index in [9.17, 15) is 14.0 Å². The molecule has 7 heteroatoms. The van der Waals surface area contributed by atoms with E-state index < -0.39 is 0 Å². The second-order valence-corrected chi connectivity index (χ2v) is 10.1. The van der Waals surface area contributed by atoms with Gasteiger partial charge in [-0.1, -0.05) is 32.0 Å². The van der Waals surface area contributed by atoms with Crippen molar-refractivity contribution in [1.29, 1.82) is 0 Å². The molecule has 33 heavy (non-hydrogen) atoms. The Morgan fingerprint density at radius 3 is 2.45 bits per heavy atom. The van der Waals surface area contributed by atoms with Crippen LogP contribution in [0.1, 0.15) is 71.6 Å². The molecule has 2 aliphatic rings. The summed E-state index contributed by atoms with van der Waals surface area (Å²) in [5.74, 6) is 0.327. The monoisotopic (exact) mass is 449 g/mol. The summed E-state index contributed by atoms with van der Waals surface area (Å²) in [5, 5.41) is 4.88. The van der Waals surface area contributed by atoms with Crippen molar-refractivity contribution >= 4 is 22.7 Å². The first-order valence-electron chi connectivity index (χ1n) is 11.5. The van der Waals surface area contributed by atoms with E-state index in [1.165, 1.54) is 17.0 Å². The average Bonchev–Trinajstić information content (AvgIpc) is 3.30. The van der Waals surface area contributed by atoms with Gasteiger partial charge in [0, 0.05) is 30.5 Å². The highest BCUT2D eigenvalue weighted by molar-refractivity contribution is 6.21. The van der Waals surface area contributed by atoms with Crippen molar-refractivity contribution in [3.05, 3.63) is 64.7 Å².